The number of hydrogen-bond donors (Lipinski definition) is 3. The Labute approximate surface area is 135 Å². The van der Waals surface area contributed by atoms with Gasteiger partial charge in [-0.3, -0.25) is 14.4 Å². The van der Waals surface area contributed by atoms with Gasteiger partial charge in [0, 0.05) is 11.8 Å². The van der Waals surface area contributed by atoms with Crippen molar-refractivity contribution in [1.29, 1.82) is 0 Å². The summed E-state index contributed by atoms with van der Waals surface area (Å²) in [6.07, 6.45) is 1.81. The van der Waals surface area contributed by atoms with Crippen LogP contribution in [-0.4, -0.2) is 50.0 Å². The smallest absolute Gasteiger partial charge is 0.322 e. The van der Waals surface area contributed by atoms with E-state index < -0.39 is 40.4 Å². The lowest BCUT2D eigenvalue weighted by Gasteiger charge is -2.36. The first-order valence-electron chi connectivity index (χ1n) is 7.49. The van der Waals surface area contributed by atoms with E-state index in [2.05, 4.69) is 10.0 Å². The van der Waals surface area contributed by atoms with Crippen molar-refractivity contribution in [3.63, 3.8) is 0 Å². The van der Waals surface area contributed by atoms with Crippen molar-refractivity contribution in [2.75, 3.05) is 18.8 Å². The number of amides is 1. The van der Waals surface area contributed by atoms with Crippen LogP contribution in [0.3, 0.4) is 0 Å². The minimum atomic E-state index is -3.83. The number of fused-ring (bicyclic) bond motifs is 2. The van der Waals surface area contributed by atoms with Crippen LogP contribution in [0.1, 0.15) is 33.1 Å². The standard InChI is InChI=1S/C14H22N2O6S/c1-13(2)9-3-4-14(13,10(17)5-9)8-23(21,22)16-6-11(18)15-7-12(19)20/h9,16H,3-8H2,1-2H3,(H,15,18)(H,19,20)/t9-,14+/m0/s1. The minimum Gasteiger partial charge on any atom is -0.480 e. The van der Waals surface area contributed by atoms with Gasteiger partial charge in [0.1, 0.15) is 12.3 Å². The molecule has 2 saturated carbocycles. The van der Waals surface area contributed by atoms with Crippen LogP contribution in [0, 0.1) is 16.7 Å². The number of Topliss-reactive ketones (excluding diaryl/α,β-unsaturated/α-hetero) is 1. The topological polar surface area (TPSA) is 130 Å². The van der Waals surface area contributed by atoms with E-state index in [0.29, 0.717) is 12.8 Å². The van der Waals surface area contributed by atoms with Crippen LogP contribution in [0.15, 0.2) is 0 Å². The Morgan fingerprint density at radius 3 is 2.43 bits per heavy atom. The zero-order valence-corrected chi connectivity index (χ0v) is 14.0. The molecule has 2 rings (SSSR count). The van der Waals surface area contributed by atoms with Crippen LogP contribution in [0.4, 0.5) is 0 Å². The molecule has 0 radical (unpaired) electrons. The van der Waals surface area contributed by atoms with Crippen molar-refractivity contribution in [3.05, 3.63) is 0 Å². The third-order valence-corrected chi connectivity index (χ3v) is 6.92. The Bertz CT molecular complexity index is 642. The SMILES string of the molecule is CC1(C)[C@H]2CC[C@@]1(CS(=O)(=O)NCC(=O)NCC(=O)O)C(=O)C2. The summed E-state index contributed by atoms with van der Waals surface area (Å²) < 4.78 is 26.7. The van der Waals surface area contributed by atoms with E-state index in [1.54, 1.807) is 0 Å². The molecule has 2 atom stereocenters. The Hall–Kier alpha value is -1.48. The van der Waals surface area contributed by atoms with Gasteiger partial charge in [-0.2, -0.15) is 0 Å². The maximum absolute atomic E-state index is 12.3. The quantitative estimate of drug-likeness (QED) is 0.570. The Morgan fingerprint density at radius 2 is 1.96 bits per heavy atom. The predicted octanol–water partition coefficient (Wildman–Crippen LogP) is -0.498. The lowest BCUT2D eigenvalue weighted by atomic mass is 9.70. The second-order valence-corrected chi connectivity index (χ2v) is 8.72. The lowest BCUT2D eigenvalue weighted by molar-refractivity contribution is -0.137. The highest BCUT2D eigenvalue weighted by atomic mass is 32.2. The van der Waals surface area contributed by atoms with Gasteiger partial charge < -0.3 is 10.4 Å². The Balaban J connectivity index is 2.00. The highest BCUT2D eigenvalue weighted by Gasteiger charge is 2.65. The first kappa shape index (κ1) is 17.9. The molecule has 3 N–H and O–H groups in total. The monoisotopic (exact) mass is 346 g/mol. The van der Waals surface area contributed by atoms with Crippen LogP contribution >= 0.6 is 0 Å². The van der Waals surface area contributed by atoms with Gasteiger partial charge in [-0.1, -0.05) is 13.8 Å². The number of carboxylic acids is 1. The average Bonchev–Trinajstić information content (AvgIpc) is 2.76. The fraction of sp³-hybridized carbons (Fsp3) is 0.786. The van der Waals surface area contributed by atoms with Crippen molar-refractivity contribution in [2.45, 2.75) is 33.1 Å². The molecule has 8 nitrogen and oxygen atoms in total. The molecule has 0 heterocycles. The number of rotatable bonds is 7. The van der Waals surface area contributed by atoms with Crippen molar-refractivity contribution in [3.8, 4) is 0 Å². The second kappa shape index (κ2) is 5.86. The fourth-order valence-corrected chi connectivity index (χ4v) is 5.67. The van der Waals surface area contributed by atoms with Gasteiger partial charge in [-0.25, -0.2) is 13.1 Å². The van der Waals surface area contributed by atoms with Crippen molar-refractivity contribution in [2.24, 2.45) is 16.7 Å². The molecule has 2 aliphatic rings. The number of carboxylic acid groups (broad SMARTS) is 1. The van der Waals surface area contributed by atoms with E-state index in [9.17, 15) is 22.8 Å². The molecule has 0 aromatic rings. The molecule has 2 aliphatic carbocycles. The fourth-order valence-electron chi connectivity index (χ4n) is 3.90. The summed E-state index contributed by atoms with van der Waals surface area (Å²) in [5.74, 6) is -2.07. The molecule has 0 spiro atoms. The Morgan fingerprint density at radius 1 is 1.30 bits per heavy atom. The highest BCUT2D eigenvalue weighted by Crippen LogP contribution is 2.64. The largest absolute Gasteiger partial charge is 0.480 e. The second-order valence-electron chi connectivity index (χ2n) is 6.92. The van der Waals surface area contributed by atoms with E-state index in [1.807, 2.05) is 13.8 Å². The number of aliphatic carboxylic acids is 1. The molecule has 0 aromatic heterocycles. The number of sulfonamides is 1. The summed E-state index contributed by atoms with van der Waals surface area (Å²) in [6, 6.07) is 0. The third-order valence-electron chi connectivity index (χ3n) is 5.46. The van der Waals surface area contributed by atoms with E-state index >= 15 is 0 Å². The molecular formula is C14H22N2O6S. The van der Waals surface area contributed by atoms with Gasteiger partial charge in [0.2, 0.25) is 15.9 Å². The third kappa shape index (κ3) is 3.25. The van der Waals surface area contributed by atoms with Gasteiger partial charge in [-0.15, -0.1) is 0 Å². The van der Waals surface area contributed by atoms with Crippen LogP contribution in [-0.2, 0) is 24.4 Å². The van der Waals surface area contributed by atoms with E-state index in [0.717, 1.165) is 6.42 Å². The summed E-state index contributed by atoms with van der Waals surface area (Å²) in [4.78, 5) is 34.1. The van der Waals surface area contributed by atoms with Crippen LogP contribution < -0.4 is 10.0 Å². The number of carbonyl (C=O) groups is 3. The van der Waals surface area contributed by atoms with E-state index in [4.69, 9.17) is 5.11 Å². The molecule has 2 bridgehead atoms. The lowest BCUT2D eigenvalue weighted by Crippen LogP contribution is -2.47. The maximum atomic E-state index is 12.3. The predicted molar refractivity (Wildman–Crippen MR) is 81.0 cm³/mol. The van der Waals surface area contributed by atoms with E-state index in [-0.39, 0.29) is 22.9 Å². The molecule has 0 aliphatic heterocycles. The average molecular weight is 346 g/mol. The molecule has 9 heteroatoms. The minimum absolute atomic E-state index is 0.0144. The number of hydrogen-bond acceptors (Lipinski definition) is 5. The van der Waals surface area contributed by atoms with Gasteiger partial charge in [-0.05, 0) is 24.2 Å². The maximum Gasteiger partial charge on any atom is 0.322 e. The first-order chi connectivity index (χ1) is 10.5. The van der Waals surface area contributed by atoms with Crippen LogP contribution in [0.2, 0.25) is 0 Å². The molecule has 0 unspecified atom stereocenters. The van der Waals surface area contributed by atoms with Gasteiger partial charge in [0.25, 0.3) is 0 Å². The highest BCUT2D eigenvalue weighted by molar-refractivity contribution is 7.89. The first-order valence-corrected chi connectivity index (χ1v) is 9.14. The molecule has 23 heavy (non-hydrogen) atoms. The summed E-state index contributed by atoms with van der Waals surface area (Å²) in [6.45, 7) is 2.76. The Kier molecular flexibility index (Phi) is 4.55. The summed E-state index contributed by atoms with van der Waals surface area (Å²) in [5, 5.41) is 10.5. The summed E-state index contributed by atoms with van der Waals surface area (Å²) in [5.41, 5.74) is -1.26. The van der Waals surface area contributed by atoms with Crippen molar-refractivity contribution in [1.82, 2.24) is 10.0 Å². The van der Waals surface area contributed by atoms with Gasteiger partial charge >= 0.3 is 5.97 Å². The molecule has 1 amide bonds. The molecule has 2 fully saturated rings. The normalized spacial score (nSPS) is 28.8. The molecule has 0 aromatic carbocycles. The van der Waals surface area contributed by atoms with E-state index in [1.165, 1.54) is 0 Å². The zero-order chi connectivity index (χ0) is 17.5. The van der Waals surface area contributed by atoms with Crippen molar-refractivity contribution >= 4 is 27.7 Å². The summed E-state index contributed by atoms with van der Waals surface area (Å²) >= 11 is 0. The van der Waals surface area contributed by atoms with Crippen molar-refractivity contribution < 1.29 is 27.9 Å². The zero-order valence-electron chi connectivity index (χ0n) is 13.2. The van der Waals surface area contributed by atoms with Gasteiger partial charge in [0.15, 0.2) is 0 Å². The number of ketones is 1. The van der Waals surface area contributed by atoms with Crippen LogP contribution in [0.5, 0.6) is 0 Å². The molecular weight excluding hydrogens is 324 g/mol. The summed E-state index contributed by atoms with van der Waals surface area (Å²) in [7, 11) is -3.83. The molecule has 130 valence electrons. The molecule has 0 saturated heterocycles. The van der Waals surface area contributed by atoms with Crippen LogP contribution in [0.25, 0.3) is 0 Å². The number of carbonyl (C=O) groups excluding carboxylic acids is 2. The van der Waals surface area contributed by atoms with Gasteiger partial charge in [0.05, 0.1) is 12.3 Å². The number of nitrogens with one attached hydrogen (secondary N) is 2.